The van der Waals surface area contributed by atoms with Crippen molar-refractivity contribution in [1.82, 2.24) is 10.2 Å². The molecule has 0 saturated heterocycles. The Morgan fingerprint density at radius 3 is 2.96 bits per heavy atom. The van der Waals surface area contributed by atoms with E-state index in [4.69, 9.17) is 0 Å². The number of aryl methyl sites for hydroxylation is 2. The molecule has 1 aromatic heterocycles. The van der Waals surface area contributed by atoms with E-state index in [1.54, 1.807) is 0 Å². The Bertz CT molecular complexity index is 714. The summed E-state index contributed by atoms with van der Waals surface area (Å²) in [7, 11) is 0. The summed E-state index contributed by atoms with van der Waals surface area (Å²) >= 11 is 2.91. The van der Waals surface area contributed by atoms with Crippen LogP contribution in [-0.2, 0) is 17.6 Å². The molecule has 5 nitrogen and oxygen atoms in total. The van der Waals surface area contributed by atoms with E-state index in [1.165, 1.54) is 40.6 Å². The van der Waals surface area contributed by atoms with Gasteiger partial charge < -0.3 is 10.6 Å². The van der Waals surface area contributed by atoms with Gasteiger partial charge in [-0.25, -0.2) is 0 Å². The van der Waals surface area contributed by atoms with Crippen LogP contribution in [0.15, 0.2) is 22.5 Å². The fourth-order valence-electron chi connectivity index (χ4n) is 2.60. The first-order valence-corrected chi connectivity index (χ1v) is 10.0. The molecule has 1 aliphatic carbocycles. The van der Waals surface area contributed by atoms with Crippen LogP contribution in [0.1, 0.15) is 31.4 Å². The third kappa shape index (κ3) is 4.70. The summed E-state index contributed by atoms with van der Waals surface area (Å²) in [4.78, 5) is 12.1. The number of carbonyl (C=O) groups is 1. The van der Waals surface area contributed by atoms with E-state index in [0.29, 0.717) is 11.7 Å². The van der Waals surface area contributed by atoms with Crippen LogP contribution in [-0.4, -0.2) is 28.4 Å². The normalized spacial score (nSPS) is 13.1. The standard InChI is InChI=1S/C17H22N4OS2/c1-11(2)9-18-16-20-21-17(24-16)23-10-15(22)19-14-7-6-12-4-3-5-13(12)8-14/h6-8,11H,3-5,9-10H2,1-2H3,(H,18,20)(H,19,22). The fraction of sp³-hybridized carbons (Fsp3) is 0.471. The number of benzene rings is 1. The van der Waals surface area contributed by atoms with E-state index in [0.717, 1.165) is 34.5 Å². The number of carbonyl (C=O) groups excluding carboxylic acids is 1. The molecular formula is C17H22N4OS2. The average molecular weight is 363 g/mol. The van der Waals surface area contributed by atoms with Crippen LogP contribution < -0.4 is 10.6 Å². The minimum absolute atomic E-state index is 0.00941. The van der Waals surface area contributed by atoms with Crippen LogP contribution in [0.2, 0.25) is 0 Å². The van der Waals surface area contributed by atoms with Gasteiger partial charge in [0.1, 0.15) is 0 Å². The van der Waals surface area contributed by atoms with Crippen LogP contribution in [0.5, 0.6) is 0 Å². The Morgan fingerprint density at radius 1 is 1.29 bits per heavy atom. The van der Waals surface area contributed by atoms with Crippen molar-refractivity contribution in [2.75, 3.05) is 22.9 Å². The Labute approximate surface area is 150 Å². The highest BCUT2D eigenvalue weighted by molar-refractivity contribution is 8.01. The molecule has 0 atom stereocenters. The molecule has 1 aliphatic rings. The monoisotopic (exact) mass is 362 g/mol. The van der Waals surface area contributed by atoms with Crippen molar-refractivity contribution in [3.05, 3.63) is 29.3 Å². The maximum absolute atomic E-state index is 12.1. The first-order valence-electron chi connectivity index (χ1n) is 8.22. The molecule has 3 rings (SSSR count). The topological polar surface area (TPSA) is 66.9 Å². The predicted octanol–water partition coefficient (Wildman–Crippen LogP) is 3.83. The van der Waals surface area contributed by atoms with Crippen LogP contribution in [0.25, 0.3) is 0 Å². The van der Waals surface area contributed by atoms with Gasteiger partial charge in [0.05, 0.1) is 5.75 Å². The molecule has 1 amide bonds. The third-order valence-corrected chi connectivity index (χ3v) is 5.79. The molecule has 2 aromatic rings. The van der Waals surface area contributed by atoms with Gasteiger partial charge in [-0.2, -0.15) is 0 Å². The van der Waals surface area contributed by atoms with Crippen LogP contribution in [0.4, 0.5) is 10.8 Å². The van der Waals surface area contributed by atoms with E-state index < -0.39 is 0 Å². The third-order valence-electron chi connectivity index (χ3n) is 3.78. The number of nitrogens with one attached hydrogen (secondary N) is 2. The lowest BCUT2D eigenvalue weighted by atomic mass is 10.1. The Kier molecular flexibility index (Phi) is 5.73. The summed E-state index contributed by atoms with van der Waals surface area (Å²) in [5, 5.41) is 15.2. The highest BCUT2D eigenvalue weighted by Crippen LogP contribution is 2.27. The second-order valence-corrected chi connectivity index (χ2v) is 8.52. The van der Waals surface area contributed by atoms with Crippen molar-refractivity contribution < 1.29 is 4.79 Å². The minimum Gasteiger partial charge on any atom is -0.360 e. The van der Waals surface area contributed by atoms with Crippen molar-refractivity contribution in [2.45, 2.75) is 37.4 Å². The van der Waals surface area contributed by atoms with Gasteiger partial charge >= 0.3 is 0 Å². The first kappa shape index (κ1) is 17.2. The Balaban J connectivity index is 1.47. The van der Waals surface area contributed by atoms with Crippen molar-refractivity contribution in [2.24, 2.45) is 5.92 Å². The van der Waals surface area contributed by atoms with Gasteiger partial charge in [0, 0.05) is 12.2 Å². The second kappa shape index (κ2) is 7.98. The van der Waals surface area contributed by atoms with Crippen molar-refractivity contribution in [3.8, 4) is 0 Å². The molecular weight excluding hydrogens is 340 g/mol. The summed E-state index contributed by atoms with van der Waals surface area (Å²) in [5.41, 5.74) is 3.67. The molecule has 0 spiro atoms. The van der Waals surface area contributed by atoms with Gasteiger partial charge in [-0.15, -0.1) is 10.2 Å². The van der Waals surface area contributed by atoms with Crippen molar-refractivity contribution in [3.63, 3.8) is 0 Å². The molecule has 1 heterocycles. The average Bonchev–Trinajstić information content (AvgIpc) is 3.19. The van der Waals surface area contributed by atoms with Crippen molar-refractivity contribution >= 4 is 39.8 Å². The van der Waals surface area contributed by atoms with Crippen molar-refractivity contribution in [1.29, 1.82) is 0 Å². The summed E-state index contributed by atoms with van der Waals surface area (Å²) in [5.74, 6) is 0.892. The van der Waals surface area contributed by atoms with Gasteiger partial charge in [-0.05, 0) is 48.4 Å². The Morgan fingerprint density at radius 2 is 2.12 bits per heavy atom. The van der Waals surface area contributed by atoms with Crippen LogP contribution >= 0.6 is 23.1 Å². The van der Waals surface area contributed by atoms with Gasteiger partial charge in [-0.3, -0.25) is 4.79 Å². The zero-order valence-electron chi connectivity index (χ0n) is 14.0. The summed E-state index contributed by atoms with van der Waals surface area (Å²) in [6, 6.07) is 6.22. The smallest absolute Gasteiger partial charge is 0.234 e. The van der Waals surface area contributed by atoms with Gasteiger partial charge in [0.2, 0.25) is 11.0 Å². The van der Waals surface area contributed by atoms with Crippen LogP contribution in [0.3, 0.4) is 0 Å². The molecule has 1 aromatic carbocycles. The molecule has 0 aliphatic heterocycles. The second-order valence-electron chi connectivity index (χ2n) is 6.32. The Hall–Kier alpha value is -1.60. The summed E-state index contributed by atoms with van der Waals surface area (Å²) in [6.07, 6.45) is 3.49. The molecule has 2 N–H and O–H groups in total. The van der Waals surface area contributed by atoms with Gasteiger partial charge in [-0.1, -0.05) is 43.0 Å². The van der Waals surface area contributed by atoms with E-state index in [2.05, 4.69) is 46.8 Å². The SMILES string of the molecule is CC(C)CNc1nnc(SCC(=O)Nc2ccc3c(c2)CCC3)s1. The zero-order chi connectivity index (χ0) is 16.9. The molecule has 7 heteroatoms. The number of nitrogens with zero attached hydrogens (tertiary/aromatic N) is 2. The summed E-state index contributed by atoms with van der Waals surface area (Å²) < 4.78 is 0.811. The van der Waals surface area contributed by atoms with Gasteiger partial charge in [0.25, 0.3) is 0 Å². The molecule has 0 unspecified atom stereocenters. The number of rotatable bonds is 7. The predicted molar refractivity (Wildman–Crippen MR) is 101 cm³/mol. The maximum atomic E-state index is 12.1. The molecule has 0 fully saturated rings. The van der Waals surface area contributed by atoms with E-state index >= 15 is 0 Å². The summed E-state index contributed by atoms with van der Waals surface area (Å²) in [6.45, 7) is 5.16. The van der Waals surface area contributed by atoms with Crippen LogP contribution in [0, 0.1) is 5.92 Å². The highest BCUT2D eigenvalue weighted by Gasteiger charge is 2.13. The van der Waals surface area contributed by atoms with E-state index in [9.17, 15) is 4.79 Å². The number of thioether (sulfide) groups is 1. The lowest BCUT2D eigenvalue weighted by Gasteiger charge is -2.06. The number of aromatic nitrogens is 2. The number of hydrogen-bond donors (Lipinski definition) is 2. The lowest BCUT2D eigenvalue weighted by molar-refractivity contribution is -0.113. The maximum Gasteiger partial charge on any atom is 0.234 e. The van der Waals surface area contributed by atoms with Gasteiger partial charge in [0.15, 0.2) is 4.34 Å². The van der Waals surface area contributed by atoms with E-state index in [1.807, 2.05) is 6.07 Å². The number of anilines is 2. The number of amides is 1. The molecule has 128 valence electrons. The lowest BCUT2D eigenvalue weighted by Crippen LogP contribution is -2.14. The molecule has 0 radical (unpaired) electrons. The van der Waals surface area contributed by atoms with E-state index in [-0.39, 0.29) is 5.91 Å². The molecule has 24 heavy (non-hydrogen) atoms. The molecule has 0 saturated carbocycles. The number of fused-ring (bicyclic) bond motifs is 1. The first-order chi connectivity index (χ1) is 11.6. The molecule has 0 bridgehead atoms. The zero-order valence-corrected chi connectivity index (χ0v) is 15.6. The minimum atomic E-state index is -0.00941. The quantitative estimate of drug-likeness (QED) is 0.733. The highest BCUT2D eigenvalue weighted by atomic mass is 32.2. The number of hydrogen-bond acceptors (Lipinski definition) is 6. The fourth-order valence-corrected chi connectivity index (χ4v) is 4.16. The largest absolute Gasteiger partial charge is 0.360 e.